The van der Waals surface area contributed by atoms with Gasteiger partial charge in [-0.15, -0.1) is 11.3 Å². The molecule has 0 fully saturated rings. The number of thiazole rings is 1. The molecule has 0 spiro atoms. The molecule has 0 unspecified atom stereocenters. The van der Waals surface area contributed by atoms with Crippen molar-refractivity contribution >= 4 is 17.3 Å². The highest BCUT2D eigenvalue weighted by molar-refractivity contribution is 7.11. The predicted molar refractivity (Wildman–Crippen MR) is 74.1 cm³/mol. The largest absolute Gasteiger partial charge is 0.476 e. The molecule has 1 N–H and O–H groups in total. The van der Waals surface area contributed by atoms with Crippen molar-refractivity contribution in [3.63, 3.8) is 0 Å². The van der Waals surface area contributed by atoms with Crippen LogP contribution in [0.3, 0.4) is 0 Å². The maximum Gasteiger partial charge on any atom is 0.365 e. The predicted octanol–water partition coefficient (Wildman–Crippen LogP) is 3.10. The summed E-state index contributed by atoms with van der Waals surface area (Å²) in [6, 6.07) is 0. The Kier molecular flexibility index (Phi) is 6.29. The molecule has 1 rings (SSSR count). The van der Waals surface area contributed by atoms with Crippen molar-refractivity contribution < 1.29 is 9.90 Å². The molecule has 1 aromatic rings. The van der Waals surface area contributed by atoms with Crippen LogP contribution in [0.1, 0.15) is 49.1 Å². The number of carboxylic acid groups (broad SMARTS) is 1. The summed E-state index contributed by atoms with van der Waals surface area (Å²) in [7, 11) is 0. The van der Waals surface area contributed by atoms with Gasteiger partial charge in [0.1, 0.15) is 0 Å². The van der Waals surface area contributed by atoms with Crippen LogP contribution in [0, 0.1) is 5.92 Å². The first kappa shape index (κ1) is 15.1. The van der Waals surface area contributed by atoms with E-state index < -0.39 is 5.97 Å². The highest BCUT2D eigenvalue weighted by atomic mass is 32.1. The SMILES string of the molecule is CCC(CC)CN(CC)Cc1csc(C(=O)O)n1. The van der Waals surface area contributed by atoms with E-state index >= 15 is 0 Å². The third-order valence-electron chi connectivity index (χ3n) is 3.24. The van der Waals surface area contributed by atoms with Crippen LogP contribution in [0.2, 0.25) is 0 Å². The molecule has 0 atom stereocenters. The Morgan fingerprint density at radius 1 is 1.44 bits per heavy atom. The van der Waals surface area contributed by atoms with E-state index in [1.165, 1.54) is 24.2 Å². The monoisotopic (exact) mass is 270 g/mol. The van der Waals surface area contributed by atoms with Gasteiger partial charge in [-0.3, -0.25) is 4.90 Å². The first-order valence-corrected chi connectivity index (χ1v) is 7.38. The zero-order valence-corrected chi connectivity index (χ0v) is 12.2. The molecule has 102 valence electrons. The standard InChI is InChI=1S/C13H22N2O2S/c1-4-10(5-2)7-15(6-3)8-11-9-18-12(14-11)13(16)17/h9-10H,4-8H2,1-3H3,(H,16,17). The van der Waals surface area contributed by atoms with Crippen molar-refractivity contribution in [2.75, 3.05) is 13.1 Å². The van der Waals surface area contributed by atoms with Gasteiger partial charge in [-0.25, -0.2) is 9.78 Å². The molecule has 1 aromatic heterocycles. The van der Waals surface area contributed by atoms with Crippen LogP contribution in [0.15, 0.2) is 5.38 Å². The van der Waals surface area contributed by atoms with Crippen molar-refractivity contribution in [2.24, 2.45) is 5.92 Å². The molecule has 0 aliphatic heterocycles. The van der Waals surface area contributed by atoms with Gasteiger partial charge in [0, 0.05) is 18.5 Å². The number of hydrogen-bond donors (Lipinski definition) is 1. The Bertz CT molecular complexity index is 375. The van der Waals surface area contributed by atoms with E-state index in [2.05, 4.69) is 30.7 Å². The van der Waals surface area contributed by atoms with Crippen molar-refractivity contribution in [1.29, 1.82) is 0 Å². The Morgan fingerprint density at radius 3 is 2.56 bits per heavy atom. The van der Waals surface area contributed by atoms with E-state index in [4.69, 9.17) is 5.11 Å². The van der Waals surface area contributed by atoms with Gasteiger partial charge in [-0.1, -0.05) is 33.6 Å². The van der Waals surface area contributed by atoms with E-state index in [-0.39, 0.29) is 5.01 Å². The minimum Gasteiger partial charge on any atom is -0.476 e. The molecule has 0 saturated heterocycles. The molecule has 0 amide bonds. The van der Waals surface area contributed by atoms with E-state index in [0.717, 1.165) is 25.3 Å². The van der Waals surface area contributed by atoms with Crippen LogP contribution in [0.4, 0.5) is 0 Å². The van der Waals surface area contributed by atoms with Crippen molar-refractivity contribution in [3.05, 3.63) is 16.1 Å². The quantitative estimate of drug-likeness (QED) is 0.788. The molecule has 0 aliphatic rings. The molecular weight excluding hydrogens is 248 g/mol. The topological polar surface area (TPSA) is 53.4 Å². The lowest BCUT2D eigenvalue weighted by Gasteiger charge is -2.24. The first-order chi connectivity index (χ1) is 8.60. The average molecular weight is 270 g/mol. The lowest BCUT2D eigenvalue weighted by atomic mass is 10.0. The molecule has 18 heavy (non-hydrogen) atoms. The summed E-state index contributed by atoms with van der Waals surface area (Å²) in [5.74, 6) is -0.225. The van der Waals surface area contributed by atoms with Gasteiger partial charge in [0.15, 0.2) is 0 Å². The highest BCUT2D eigenvalue weighted by Crippen LogP contribution is 2.15. The zero-order chi connectivity index (χ0) is 13.5. The fraction of sp³-hybridized carbons (Fsp3) is 0.692. The normalized spacial score (nSPS) is 11.4. The second kappa shape index (κ2) is 7.48. The second-order valence-electron chi connectivity index (χ2n) is 4.46. The van der Waals surface area contributed by atoms with Crippen LogP contribution in [-0.4, -0.2) is 34.0 Å². The van der Waals surface area contributed by atoms with Gasteiger partial charge >= 0.3 is 5.97 Å². The van der Waals surface area contributed by atoms with Gasteiger partial charge < -0.3 is 5.11 Å². The number of aromatic nitrogens is 1. The van der Waals surface area contributed by atoms with Gasteiger partial charge in [0.2, 0.25) is 5.01 Å². The van der Waals surface area contributed by atoms with E-state index in [1.807, 2.05) is 5.38 Å². The van der Waals surface area contributed by atoms with Crippen LogP contribution in [0.5, 0.6) is 0 Å². The van der Waals surface area contributed by atoms with Crippen molar-refractivity contribution in [3.8, 4) is 0 Å². The van der Waals surface area contributed by atoms with Crippen molar-refractivity contribution in [1.82, 2.24) is 9.88 Å². The lowest BCUT2D eigenvalue weighted by Crippen LogP contribution is -2.28. The van der Waals surface area contributed by atoms with Crippen LogP contribution in [0.25, 0.3) is 0 Å². The molecule has 5 heteroatoms. The summed E-state index contributed by atoms with van der Waals surface area (Å²) in [6.07, 6.45) is 2.37. The van der Waals surface area contributed by atoms with E-state index in [1.54, 1.807) is 0 Å². The Labute approximate surface area is 113 Å². The fourth-order valence-electron chi connectivity index (χ4n) is 1.92. The smallest absolute Gasteiger partial charge is 0.365 e. The van der Waals surface area contributed by atoms with E-state index in [0.29, 0.717) is 5.92 Å². The second-order valence-corrected chi connectivity index (χ2v) is 5.32. The number of rotatable bonds is 8. The Morgan fingerprint density at radius 2 is 2.11 bits per heavy atom. The third kappa shape index (κ3) is 4.38. The number of nitrogens with zero attached hydrogens (tertiary/aromatic N) is 2. The number of carbonyl (C=O) groups is 1. The van der Waals surface area contributed by atoms with Crippen molar-refractivity contribution in [2.45, 2.75) is 40.2 Å². The lowest BCUT2D eigenvalue weighted by molar-refractivity contribution is 0.0696. The number of carboxylic acids is 1. The molecule has 0 aromatic carbocycles. The van der Waals surface area contributed by atoms with Gasteiger partial charge in [-0.05, 0) is 12.5 Å². The summed E-state index contributed by atoms with van der Waals surface area (Å²) in [4.78, 5) is 17.2. The van der Waals surface area contributed by atoms with Crippen LogP contribution in [-0.2, 0) is 6.54 Å². The maximum absolute atomic E-state index is 10.8. The Balaban J connectivity index is 2.58. The molecule has 0 aliphatic carbocycles. The first-order valence-electron chi connectivity index (χ1n) is 6.50. The van der Waals surface area contributed by atoms with Gasteiger partial charge in [-0.2, -0.15) is 0 Å². The molecule has 4 nitrogen and oxygen atoms in total. The molecule has 0 radical (unpaired) electrons. The number of aromatic carboxylic acids is 1. The molecule has 1 heterocycles. The molecule has 0 bridgehead atoms. The molecular formula is C13H22N2O2S. The summed E-state index contributed by atoms with van der Waals surface area (Å²) in [5.41, 5.74) is 0.866. The third-order valence-corrected chi connectivity index (χ3v) is 4.12. The highest BCUT2D eigenvalue weighted by Gasteiger charge is 2.14. The summed E-state index contributed by atoms with van der Waals surface area (Å²) < 4.78 is 0. The van der Waals surface area contributed by atoms with Crippen LogP contribution < -0.4 is 0 Å². The maximum atomic E-state index is 10.8. The van der Waals surface area contributed by atoms with Crippen LogP contribution >= 0.6 is 11.3 Å². The summed E-state index contributed by atoms with van der Waals surface area (Å²) in [5, 5.41) is 10.9. The van der Waals surface area contributed by atoms with Gasteiger partial charge in [0.25, 0.3) is 0 Å². The number of hydrogen-bond acceptors (Lipinski definition) is 4. The fourth-order valence-corrected chi connectivity index (χ4v) is 2.57. The minimum atomic E-state index is -0.936. The van der Waals surface area contributed by atoms with Gasteiger partial charge in [0.05, 0.1) is 5.69 Å². The molecule has 0 saturated carbocycles. The Hall–Kier alpha value is -0.940. The average Bonchev–Trinajstić information content (AvgIpc) is 2.83. The zero-order valence-electron chi connectivity index (χ0n) is 11.3. The minimum absolute atomic E-state index is 0.184. The summed E-state index contributed by atoms with van der Waals surface area (Å²) in [6.45, 7) is 9.34. The summed E-state index contributed by atoms with van der Waals surface area (Å²) >= 11 is 1.20. The van der Waals surface area contributed by atoms with E-state index in [9.17, 15) is 4.79 Å².